The van der Waals surface area contributed by atoms with Crippen LogP contribution in [0, 0.1) is 0 Å². The highest BCUT2D eigenvalue weighted by Crippen LogP contribution is 2.24. The third kappa shape index (κ3) is 4.18. The molecular formula is C16H18N4O2S2. The van der Waals surface area contributed by atoms with Crippen LogP contribution in [0.25, 0.3) is 11.4 Å². The van der Waals surface area contributed by atoms with E-state index >= 15 is 0 Å². The Balaban J connectivity index is 1.62. The van der Waals surface area contributed by atoms with Crippen molar-refractivity contribution in [2.75, 3.05) is 6.26 Å². The first kappa shape index (κ1) is 17.0. The molecule has 3 aromatic rings. The zero-order valence-electron chi connectivity index (χ0n) is 13.7. The molecule has 0 spiro atoms. The number of hydrogen-bond acceptors (Lipinski definition) is 8. The van der Waals surface area contributed by atoms with E-state index in [4.69, 9.17) is 8.94 Å². The molecule has 0 fully saturated rings. The third-order valence-electron chi connectivity index (χ3n) is 3.34. The van der Waals surface area contributed by atoms with Crippen LogP contribution in [0.1, 0.15) is 37.1 Å². The van der Waals surface area contributed by atoms with Gasteiger partial charge in [0.05, 0.1) is 11.5 Å². The Labute approximate surface area is 148 Å². The Morgan fingerprint density at radius 3 is 2.54 bits per heavy atom. The minimum absolute atomic E-state index is 0.498. The van der Waals surface area contributed by atoms with Crippen molar-refractivity contribution in [1.82, 2.24) is 20.3 Å². The summed E-state index contributed by atoms with van der Waals surface area (Å²) in [5.41, 5.74) is 2.23. The summed E-state index contributed by atoms with van der Waals surface area (Å²) in [5.74, 6) is 3.47. The first-order valence-electron chi connectivity index (χ1n) is 7.52. The molecule has 0 aliphatic carbocycles. The van der Waals surface area contributed by atoms with Gasteiger partial charge in [-0.15, -0.1) is 10.2 Å². The van der Waals surface area contributed by atoms with Crippen LogP contribution in [0.15, 0.2) is 38.4 Å². The number of rotatable bonds is 7. The largest absolute Gasteiger partial charge is 0.415 e. The number of aromatic nitrogens is 4. The topological polar surface area (TPSA) is 77.8 Å². The molecule has 0 bridgehead atoms. The van der Waals surface area contributed by atoms with Crippen LogP contribution in [0.3, 0.4) is 0 Å². The quantitative estimate of drug-likeness (QED) is 0.572. The van der Waals surface area contributed by atoms with Crippen LogP contribution in [0.4, 0.5) is 0 Å². The van der Waals surface area contributed by atoms with Crippen LogP contribution >= 0.6 is 23.5 Å². The number of thioether (sulfide) groups is 2. The summed E-state index contributed by atoms with van der Waals surface area (Å²) in [5, 5.41) is 12.5. The van der Waals surface area contributed by atoms with Gasteiger partial charge in [0.1, 0.15) is 0 Å². The fourth-order valence-corrected chi connectivity index (χ4v) is 3.03. The van der Waals surface area contributed by atoms with Gasteiger partial charge < -0.3 is 8.94 Å². The number of nitrogens with zero attached hydrogens (tertiary/aromatic N) is 4. The zero-order chi connectivity index (χ0) is 16.9. The van der Waals surface area contributed by atoms with Crippen molar-refractivity contribution in [3.05, 3.63) is 41.6 Å². The summed E-state index contributed by atoms with van der Waals surface area (Å²) in [6.45, 7) is 4.33. The van der Waals surface area contributed by atoms with E-state index in [1.165, 1.54) is 17.3 Å². The van der Waals surface area contributed by atoms with Crippen LogP contribution < -0.4 is 0 Å². The highest BCUT2D eigenvalue weighted by atomic mass is 32.2. The molecular weight excluding hydrogens is 344 g/mol. The highest BCUT2D eigenvalue weighted by Gasteiger charge is 2.12. The van der Waals surface area contributed by atoms with Crippen LogP contribution in [0.2, 0.25) is 0 Å². The second kappa shape index (κ2) is 7.85. The van der Waals surface area contributed by atoms with Crippen LogP contribution in [-0.4, -0.2) is 26.6 Å². The summed E-state index contributed by atoms with van der Waals surface area (Å²) in [7, 11) is 0. The molecule has 3 rings (SSSR count). The molecule has 0 saturated heterocycles. The molecule has 0 aliphatic heterocycles. The highest BCUT2D eigenvalue weighted by molar-refractivity contribution is 7.98. The van der Waals surface area contributed by atoms with Gasteiger partial charge in [-0.25, -0.2) is 0 Å². The standard InChI is InChI=1S/C16H18N4O2S2/c1-10(2)11-4-6-12(7-5-11)15-17-13(22-20-15)9-24-16-19-18-14(21-16)8-23-3/h4-7,10H,8-9H2,1-3H3. The van der Waals surface area contributed by atoms with E-state index in [0.717, 1.165) is 5.56 Å². The van der Waals surface area contributed by atoms with Crippen molar-refractivity contribution in [3.63, 3.8) is 0 Å². The average molecular weight is 362 g/mol. The maximum absolute atomic E-state index is 5.50. The van der Waals surface area contributed by atoms with Crippen molar-refractivity contribution in [3.8, 4) is 11.4 Å². The lowest BCUT2D eigenvalue weighted by Crippen LogP contribution is -1.88. The van der Waals surface area contributed by atoms with Crippen molar-refractivity contribution < 1.29 is 8.94 Å². The molecule has 1 aromatic carbocycles. The minimum Gasteiger partial charge on any atom is -0.415 e. The minimum atomic E-state index is 0.498. The summed E-state index contributed by atoms with van der Waals surface area (Å²) >= 11 is 3.03. The molecule has 0 unspecified atom stereocenters. The van der Waals surface area contributed by atoms with Gasteiger partial charge in [0.25, 0.3) is 5.22 Å². The molecule has 0 radical (unpaired) electrons. The van der Waals surface area contributed by atoms with Gasteiger partial charge >= 0.3 is 0 Å². The Bertz CT molecular complexity index is 783. The summed E-state index contributed by atoms with van der Waals surface area (Å²) < 4.78 is 10.8. The van der Waals surface area contributed by atoms with E-state index in [9.17, 15) is 0 Å². The second-order valence-electron chi connectivity index (χ2n) is 5.47. The van der Waals surface area contributed by atoms with Crippen LogP contribution in [0.5, 0.6) is 0 Å². The van der Waals surface area contributed by atoms with Crippen molar-refractivity contribution in [2.24, 2.45) is 0 Å². The maximum Gasteiger partial charge on any atom is 0.277 e. The Morgan fingerprint density at radius 1 is 1.04 bits per heavy atom. The summed E-state index contributed by atoms with van der Waals surface area (Å²) in [6.07, 6.45) is 1.99. The molecule has 0 saturated carbocycles. The molecule has 8 heteroatoms. The van der Waals surface area contributed by atoms with E-state index in [0.29, 0.717) is 40.3 Å². The average Bonchev–Trinajstić information content (AvgIpc) is 3.23. The summed E-state index contributed by atoms with van der Waals surface area (Å²) in [4.78, 5) is 4.42. The first-order chi connectivity index (χ1) is 11.7. The lowest BCUT2D eigenvalue weighted by atomic mass is 10.0. The van der Waals surface area contributed by atoms with E-state index in [1.54, 1.807) is 11.8 Å². The fourth-order valence-electron chi connectivity index (χ4n) is 2.05. The molecule has 0 amide bonds. The summed E-state index contributed by atoms with van der Waals surface area (Å²) in [6, 6.07) is 8.22. The van der Waals surface area contributed by atoms with Crippen LogP contribution in [-0.2, 0) is 11.5 Å². The van der Waals surface area contributed by atoms with Gasteiger partial charge in [-0.05, 0) is 17.7 Å². The Hall–Kier alpha value is -1.80. The van der Waals surface area contributed by atoms with Gasteiger partial charge in [0.15, 0.2) is 0 Å². The molecule has 6 nitrogen and oxygen atoms in total. The number of hydrogen-bond donors (Lipinski definition) is 0. The fraction of sp³-hybridized carbons (Fsp3) is 0.375. The third-order valence-corrected chi connectivity index (χ3v) is 4.68. The van der Waals surface area contributed by atoms with Crippen molar-refractivity contribution in [2.45, 2.75) is 36.5 Å². The predicted octanol–water partition coefficient (Wildman–Crippen LogP) is 4.40. The smallest absolute Gasteiger partial charge is 0.277 e. The maximum atomic E-state index is 5.50. The van der Waals surface area contributed by atoms with Gasteiger partial charge in [0, 0.05) is 5.56 Å². The van der Waals surface area contributed by atoms with E-state index in [2.05, 4.69) is 46.3 Å². The predicted molar refractivity (Wildman–Crippen MR) is 94.9 cm³/mol. The van der Waals surface area contributed by atoms with Gasteiger partial charge in [-0.3, -0.25) is 0 Å². The molecule has 0 N–H and O–H groups in total. The molecule has 126 valence electrons. The molecule has 0 aliphatic rings. The normalized spacial score (nSPS) is 11.3. The van der Waals surface area contributed by atoms with Gasteiger partial charge in [0.2, 0.25) is 17.6 Å². The van der Waals surface area contributed by atoms with E-state index in [-0.39, 0.29) is 0 Å². The van der Waals surface area contributed by atoms with Gasteiger partial charge in [-0.2, -0.15) is 16.7 Å². The lowest BCUT2D eigenvalue weighted by molar-refractivity contribution is 0.390. The SMILES string of the molecule is CSCc1nnc(SCc2nc(-c3ccc(C(C)C)cc3)no2)o1. The van der Waals surface area contributed by atoms with Crippen molar-refractivity contribution >= 4 is 23.5 Å². The van der Waals surface area contributed by atoms with Crippen molar-refractivity contribution in [1.29, 1.82) is 0 Å². The Morgan fingerprint density at radius 2 is 1.83 bits per heavy atom. The molecule has 24 heavy (non-hydrogen) atoms. The lowest BCUT2D eigenvalue weighted by Gasteiger charge is -2.04. The molecule has 2 aromatic heterocycles. The van der Waals surface area contributed by atoms with E-state index in [1.807, 2.05) is 18.4 Å². The second-order valence-corrected chi connectivity index (χ2v) is 7.26. The molecule has 0 atom stereocenters. The first-order valence-corrected chi connectivity index (χ1v) is 9.90. The van der Waals surface area contributed by atoms with E-state index < -0.39 is 0 Å². The monoisotopic (exact) mass is 362 g/mol. The number of benzene rings is 1. The zero-order valence-corrected chi connectivity index (χ0v) is 15.4. The molecule has 2 heterocycles. The Kier molecular flexibility index (Phi) is 5.57. The van der Waals surface area contributed by atoms with Gasteiger partial charge in [-0.1, -0.05) is 55.0 Å².